The number of hydrogen-bond acceptors (Lipinski definition) is 18. The fourth-order valence-corrected chi connectivity index (χ4v) is 10.6. The first-order chi connectivity index (χ1) is 45.3. The number of nitrogens with zero attached hydrogens (tertiary/aromatic N) is 13. The van der Waals surface area contributed by atoms with Crippen molar-refractivity contribution in [1.82, 2.24) is 65.5 Å². The second kappa shape index (κ2) is 28.4. The number of rotatable bonds is 6. The zero-order chi connectivity index (χ0) is 66.1. The molecule has 8 heterocycles. The lowest BCUT2D eigenvalue weighted by Gasteiger charge is -2.32. The molecule has 0 bridgehead atoms. The Bertz CT molecular complexity index is 4860. The number of fused-ring (bicyclic) bond motifs is 4. The number of anilines is 3. The highest BCUT2D eigenvalue weighted by Crippen LogP contribution is 2.38. The fourth-order valence-electron chi connectivity index (χ4n) is 9.73. The number of hydrogen-bond donors (Lipinski definition) is 3. The predicted octanol–water partition coefficient (Wildman–Crippen LogP) is 14.6. The van der Waals surface area contributed by atoms with E-state index in [-0.39, 0.29) is 29.5 Å². The van der Waals surface area contributed by atoms with E-state index in [0.717, 1.165) is 31.9 Å². The summed E-state index contributed by atoms with van der Waals surface area (Å²) in [5.74, 6) is -1.16. The van der Waals surface area contributed by atoms with Gasteiger partial charge in [-0.25, -0.2) is 32.5 Å². The van der Waals surface area contributed by atoms with Gasteiger partial charge in [0.2, 0.25) is 17.8 Å². The SMILES string of the molecule is CC1(C)OB(c2cc(F)c3ncccc3c2)OC1(C)C.Fc1cc(Br)cc2cccnc12.Nc1nnc(-c2cc(F)c3ncccc3c2)c(-c2ccccc2)n1.Nc1nnc(-c2cc(F)c3ncccc3c2)c(-c2ccccc2)n1.Nc1nnc(Br)c(-c2ccccc2)n1. The van der Waals surface area contributed by atoms with Gasteiger partial charge < -0.3 is 26.5 Å². The van der Waals surface area contributed by atoms with Gasteiger partial charge in [-0.05, 0) is 116 Å². The normalized spacial score (nSPS) is 12.8. The van der Waals surface area contributed by atoms with Crippen LogP contribution in [0.5, 0.6) is 0 Å². The van der Waals surface area contributed by atoms with Crippen LogP contribution in [0.2, 0.25) is 0 Å². The van der Waals surface area contributed by atoms with Gasteiger partial charge >= 0.3 is 7.12 Å². The number of nitrogens with two attached hydrogens (primary N) is 3. The van der Waals surface area contributed by atoms with Gasteiger partial charge in [0.05, 0.1) is 11.2 Å². The zero-order valence-electron chi connectivity index (χ0n) is 50.4. The lowest BCUT2D eigenvalue weighted by Crippen LogP contribution is -2.41. The number of halogens is 6. The van der Waals surface area contributed by atoms with Crippen LogP contribution in [0.15, 0.2) is 222 Å². The molecular weight excluding hydrogens is 1330 g/mol. The van der Waals surface area contributed by atoms with Gasteiger partial charge in [-0.15, -0.1) is 30.6 Å². The molecule has 15 rings (SSSR count). The van der Waals surface area contributed by atoms with Gasteiger partial charge in [0.1, 0.15) is 68.0 Å². The molecule has 1 aliphatic heterocycles. The lowest BCUT2D eigenvalue weighted by molar-refractivity contribution is 0.00578. The van der Waals surface area contributed by atoms with Crippen molar-refractivity contribution in [2.24, 2.45) is 0 Å². The van der Waals surface area contributed by atoms with E-state index < -0.39 is 30.0 Å². The first-order valence-corrected chi connectivity index (χ1v) is 30.4. The summed E-state index contributed by atoms with van der Waals surface area (Å²) in [7, 11) is -0.556. The molecule has 18 nitrogen and oxygen atoms in total. The summed E-state index contributed by atoms with van der Waals surface area (Å²) in [6.45, 7) is 7.91. The minimum atomic E-state index is -0.556. The topological polar surface area (TPSA) is 264 Å². The molecule has 1 aliphatic rings. The summed E-state index contributed by atoms with van der Waals surface area (Å²) < 4.78 is 69.3. The maximum atomic E-state index is 14.4. The molecular formula is C69H53BBr2F4N16O2. The maximum Gasteiger partial charge on any atom is 0.494 e. The Labute approximate surface area is 552 Å². The Morgan fingerprint density at radius 2 is 0.691 bits per heavy atom. The van der Waals surface area contributed by atoms with Crippen LogP contribution in [0.3, 0.4) is 0 Å². The Morgan fingerprint density at radius 1 is 0.351 bits per heavy atom. The zero-order valence-corrected chi connectivity index (χ0v) is 53.6. The first kappa shape index (κ1) is 64.8. The van der Waals surface area contributed by atoms with E-state index in [1.165, 1.54) is 24.3 Å². The largest absolute Gasteiger partial charge is 0.494 e. The van der Waals surface area contributed by atoms with Crippen LogP contribution in [0.25, 0.3) is 99.9 Å². The van der Waals surface area contributed by atoms with Crippen molar-refractivity contribution in [2.45, 2.75) is 38.9 Å². The van der Waals surface area contributed by atoms with Crippen molar-refractivity contribution in [3.8, 4) is 56.3 Å². The van der Waals surface area contributed by atoms with E-state index in [0.29, 0.717) is 82.5 Å². The van der Waals surface area contributed by atoms with Crippen molar-refractivity contribution < 1.29 is 26.9 Å². The third kappa shape index (κ3) is 14.9. The average Bonchev–Trinajstić information content (AvgIpc) is 1.48. The quantitative estimate of drug-likeness (QED) is 0.103. The molecule has 7 aromatic heterocycles. The van der Waals surface area contributed by atoms with Gasteiger partial charge in [-0.3, -0.25) is 19.9 Å². The molecule has 0 radical (unpaired) electrons. The number of aromatic nitrogens is 13. The van der Waals surface area contributed by atoms with E-state index in [1.807, 2.05) is 155 Å². The first-order valence-electron chi connectivity index (χ1n) is 28.8. The summed E-state index contributed by atoms with van der Waals surface area (Å²) in [5, 5.41) is 26.4. The van der Waals surface area contributed by atoms with Crippen LogP contribution < -0.4 is 22.7 Å². The molecule has 94 heavy (non-hydrogen) atoms. The Morgan fingerprint density at radius 3 is 1.11 bits per heavy atom. The Balaban J connectivity index is 0.000000123. The Kier molecular flexibility index (Phi) is 19.6. The second-order valence-corrected chi connectivity index (χ2v) is 23.5. The summed E-state index contributed by atoms with van der Waals surface area (Å²) in [6, 6.07) is 56.0. The third-order valence-electron chi connectivity index (χ3n) is 14.9. The van der Waals surface area contributed by atoms with Crippen molar-refractivity contribution in [1.29, 1.82) is 0 Å². The minimum absolute atomic E-state index is 0.0699. The van der Waals surface area contributed by atoms with Crippen LogP contribution in [0.4, 0.5) is 35.4 Å². The molecule has 0 spiro atoms. The standard InChI is InChI=1S/2C18H12FN5.C15H17BFNO2.C9H5BrFN.C9H7BrN4/c2*19-14-10-13(9-12-7-4-8-21-15(12)14)17-16(22-18(20)24-23-17)11-5-2-1-3-6-11;1-14(2)15(3,4)20-16(19-14)11-8-10-6-5-7-18-13(10)12(17)9-11;10-7-4-6-2-1-3-12-9(6)8(11)5-7;10-8-7(12-9(11)14-13-8)6-4-2-1-3-5-6/h2*1-10H,(H2,20,22,24);5-9H,1-4H3;1-5H;1-5H,(H2,11,12,14). The maximum absolute atomic E-state index is 14.4. The molecule has 14 aromatic rings. The van der Waals surface area contributed by atoms with Gasteiger partial charge in [-0.2, -0.15) is 0 Å². The summed E-state index contributed by atoms with van der Waals surface area (Å²) in [5.41, 5.74) is 24.6. The van der Waals surface area contributed by atoms with Crippen LogP contribution in [-0.4, -0.2) is 83.8 Å². The van der Waals surface area contributed by atoms with Crippen LogP contribution >= 0.6 is 31.9 Å². The molecule has 0 atom stereocenters. The summed E-state index contributed by atoms with van der Waals surface area (Å²) in [4.78, 5) is 28.8. The van der Waals surface area contributed by atoms with Crippen molar-refractivity contribution in [3.05, 3.63) is 245 Å². The molecule has 466 valence electrons. The van der Waals surface area contributed by atoms with Gasteiger partial charge in [0, 0.05) is 78.6 Å². The van der Waals surface area contributed by atoms with Crippen molar-refractivity contribution in [3.63, 3.8) is 0 Å². The predicted molar refractivity (Wildman–Crippen MR) is 365 cm³/mol. The molecule has 0 unspecified atom stereocenters. The van der Waals surface area contributed by atoms with E-state index in [9.17, 15) is 17.6 Å². The minimum Gasteiger partial charge on any atom is -0.399 e. The van der Waals surface area contributed by atoms with E-state index >= 15 is 0 Å². The molecule has 0 aliphatic carbocycles. The van der Waals surface area contributed by atoms with E-state index in [4.69, 9.17) is 26.5 Å². The Hall–Kier alpha value is -10.7. The number of nitrogen functional groups attached to an aromatic ring is 3. The van der Waals surface area contributed by atoms with Gasteiger partial charge in [0.15, 0.2) is 10.4 Å². The molecule has 0 saturated carbocycles. The van der Waals surface area contributed by atoms with E-state index in [1.54, 1.807) is 61.2 Å². The monoisotopic (exact) mass is 1380 g/mol. The molecule has 25 heteroatoms. The summed E-state index contributed by atoms with van der Waals surface area (Å²) in [6.07, 6.45) is 6.29. The summed E-state index contributed by atoms with van der Waals surface area (Å²) >= 11 is 6.49. The fraction of sp³-hybridized carbons (Fsp3) is 0.0870. The molecule has 1 saturated heterocycles. The smallest absolute Gasteiger partial charge is 0.399 e. The number of pyridine rings is 4. The third-order valence-corrected chi connectivity index (χ3v) is 15.9. The molecule has 1 fully saturated rings. The highest BCUT2D eigenvalue weighted by atomic mass is 79.9. The molecule has 0 amide bonds. The highest BCUT2D eigenvalue weighted by molar-refractivity contribution is 9.10. The lowest BCUT2D eigenvalue weighted by atomic mass is 9.78. The molecule has 6 N–H and O–H groups in total. The van der Waals surface area contributed by atoms with Gasteiger partial charge in [0.25, 0.3) is 0 Å². The molecule has 7 aromatic carbocycles. The van der Waals surface area contributed by atoms with Crippen molar-refractivity contribution in [2.75, 3.05) is 17.2 Å². The van der Waals surface area contributed by atoms with E-state index in [2.05, 4.69) is 97.3 Å². The average molecular weight is 1380 g/mol. The van der Waals surface area contributed by atoms with Crippen LogP contribution in [0, 0.1) is 23.3 Å². The van der Waals surface area contributed by atoms with Crippen LogP contribution in [0.1, 0.15) is 27.7 Å². The van der Waals surface area contributed by atoms with Crippen molar-refractivity contribution >= 4 is 106 Å². The highest BCUT2D eigenvalue weighted by Gasteiger charge is 2.52. The van der Waals surface area contributed by atoms with Crippen LogP contribution in [-0.2, 0) is 9.31 Å². The number of benzene rings is 7. The second-order valence-electron chi connectivity index (χ2n) is 21.8. The van der Waals surface area contributed by atoms with Gasteiger partial charge in [-0.1, -0.05) is 137 Å².